The molecule has 2 atom stereocenters. The highest BCUT2D eigenvalue weighted by Gasteiger charge is 2.36. The SMILES string of the molecule is C[Si](C)(C)CCOCC(c1ncc(-c2ccc(F)cc2)[nH]1)N(CCCCN1C(=O)c2ccccc2C1=O)C1CCCc2cccnc21. The molecule has 3 heterocycles. The second-order valence-corrected chi connectivity index (χ2v) is 19.4. The number of carbonyl (C=O) groups is 2. The van der Waals surface area contributed by atoms with Crippen molar-refractivity contribution in [1.82, 2.24) is 24.8 Å². The van der Waals surface area contributed by atoms with Crippen molar-refractivity contribution >= 4 is 19.9 Å². The van der Waals surface area contributed by atoms with Crippen molar-refractivity contribution in [2.75, 3.05) is 26.3 Å². The number of aromatic nitrogens is 3. The number of nitrogens with zero attached hydrogens (tertiary/aromatic N) is 4. The van der Waals surface area contributed by atoms with E-state index in [1.54, 1.807) is 36.4 Å². The molecule has 10 heteroatoms. The number of nitrogens with one attached hydrogen (secondary N) is 1. The number of aromatic amines is 1. The van der Waals surface area contributed by atoms with Gasteiger partial charge >= 0.3 is 0 Å². The molecule has 0 saturated carbocycles. The Labute approximate surface area is 277 Å². The number of aryl methyl sites for hydroxylation is 1. The lowest BCUT2D eigenvalue weighted by molar-refractivity contribution is 0.0294. The summed E-state index contributed by atoms with van der Waals surface area (Å²) in [7, 11) is -1.30. The van der Waals surface area contributed by atoms with Crippen molar-refractivity contribution in [3.05, 3.63) is 107 Å². The Kier molecular flexibility index (Phi) is 10.1. The first-order valence-corrected chi connectivity index (χ1v) is 20.4. The lowest BCUT2D eigenvalue weighted by Crippen LogP contribution is -2.39. The maximum absolute atomic E-state index is 13.7. The second-order valence-electron chi connectivity index (χ2n) is 13.8. The van der Waals surface area contributed by atoms with Gasteiger partial charge in [0, 0.05) is 27.4 Å². The molecule has 4 aromatic rings. The predicted molar refractivity (Wildman–Crippen MR) is 183 cm³/mol. The molecule has 246 valence electrons. The quantitative estimate of drug-likeness (QED) is 0.0863. The molecule has 0 spiro atoms. The van der Waals surface area contributed by atoms with Gasteiger partial charge in [-0.3, -0.25) is 24.4 Å². The third-order valence-electron chi connectivity index (χ3n) is 9.23. The van der Waals surface area contributed by atoms with Gasteiger partial charge in [-0.05, 0) is 98.3 Å². The maximum atomic E-state index is 13.7. The van der Waals surface area contributed by atoms with E-state index in [0.717, 1.165) is 54.5 Å². The standard InChI is InChI=1S/C37H44FN5O3Si/c1-47(2,3)23-22-46-25-33(35-40-24-31(41-35)26-15-17-28(38)18-16-26)42(32-14-8-10-27-11-9-19-39-34(27)32)20-6-7-21-43-36(44)29-12-4-5-13-30(29)37(43)45/h4-5,9,11-13,15-19,24,32-33H,6-8,10,14,20-23,25H2,1-3H3,(H,40,41). The van der Waals surface area contributed by atoms with Crippen LogP contribution in [0.15, 0.2) is 73.1 Å². The number of ether oxygens (including phenoxy) is 1. The minimum Gasteiger partial charge on any atom is -0.380 e. The normalized spacial score (nSPS) is 16.9. The molecule has 47 heavy (non-hydrogen) atoms. The van der Waals surface area contributed by atoms with Crippen LogP contribution in [0.5, 0.6) is 0 Å². The van der Waals surface area contributed by atoms with Crippen molar-refractivity contribution in [2.45, 2.75) is 69.9 Å². The molecule has 0 saturated heterocycles. The number of halogens is 1. The van der Waals surface area contributed by atoms with Crippen LogP contribution in [-0.4, -0.2) is 70.9 Å². The Morgan fingerprint density at radius 1 is 1.00 bits per heavy atom. The molecule has 1 N–H and O–H groups in total. The summed E-state index contributed by atoms with van der Waals surface area (Å²) in [6.45, 7) is 9.26. The number of benzene rings is 2. The van der Waals surface area contributed by atoms with Crippen molar-refractivity contribution in [3.63, 3.8) is 0 Å². The average molecular weight is 654 g/mol. The van der Waals surface area contributed by atoms with Gasteiger partial charge in [0.25, 0.3) is 11.8 Å². The van der Waals surface area contributed by atoms with E-state index in [1.165, 1.54) is 22.6 Å². The smallest absolute Gasteiger partial charge is 0.261 e. The van der Waals surface area contributed by atoms with Crippen molar-refractivity contribution in [2.24, 2.45) is 0 Å². The highest BCUT2D eigenvalue weighted by atomic mass is 28.3. The lowest BCUT2D eigenvalue weighted by atomic mass is 9.89. The van der Waals surface area contributed by atoms with Crippen LogP contribution in [0.2, 0.25) is 25.7 Å². The van der Waals surface area contributed by atoms with E-state index in [2.05, 4.69) is 35.6 Å². The first-order chi connectivity index (χ1) is 22.7. The van der Waals surface area contributed by atoms with Crippen LogP contribution >= 0.6 is 0 Å². The minimum atomic E-state index is -1.30. The van der Waals surface area contributed by atoms with Crippen LogP contribution in [-0.2, 0) is 11.2 Å². The fraction of sp³-hybridized carbons (Fsp3) is 0.405. The summed E-state index contributed by atoms with van der Waals surface area (Å²) in [5.41, 5.74) is 5.00. The monoisotopic (exact) mass is 653 g/mol. The van der Waals surface area contributed by atoms with Gasteiger partial charge in [-0.15, -0.1) is 0 Å². The van der Waals surface area contributed by atoms with Crippen LogP contribution in [0.3, 0.4) is 0 Å². The van der Waals surface area contributed by atoms with Gasteiger partial charge in [-0.1, -0.05) is 37.8 Å². The average Bonchev–Trinajstić information content (AvgIpc) is 3.64. The third-order valence-corrected chi connectivity index (χ3v) is 10.9. The Hall–Kier alpha value is -3.99. The van der Waals surface area contributed by atoms with Crippen LogP contribution in [0.25, 0.3) is 11.3 Å². The lowest BCUT2D eigenvalue weighted by Gasteiger charge is -2.39. The molecule has 2 aromatic carbocycles. The molecule has 2 unspecified atom stereocenters. The third kappa shape index (κ3) is 7.61. The Morgan fingerprint density at radius 2 is 1.74 bits per heavy atom. The summed E-state index contributed by atoms with van der Waals surface area (Å²) in [5.74, 6) is 0.0784. The highest BCUT2D eigenvalue weighted by Crippen LogP contribution is 2.38. The zero-order chi connectivity index (χ0) is 33.0. The molecule has 6 rings (SSSR count). The number of carbonyl (C=O) groups excluding carboxylic acids is 2. The number of hydrogen-bond acceptors (Lipinski definition) is 6. The van der Waals surface area contributed by atoms with Crippen LogP contribution in [0.4, 0.5) is 4.39 Å². The van der Waals surface area contributed by atoms with Crippen LogP contribution < -0.4 is 0 Å². The first kappa shape index (κ1) is 32.9. The molecule has 2 aromatic heterocycles. The van der Waals surface area contributed by atoms with Gasteiger partial charge in [0.15, 0.2) is 0 Å². The number of rotatable bonds is 14. The topological polar surface area (TPSA) is 91.4 Å². The predicted octanol–water partition coefficient (Wildman–Crippen LogP) is 7.46. The van der Waals surface area contributed by atoms with E-state index >= 15 is 0 Å². The van der Waals surface area contributed by atoms with Gasteiger partial charge < -0.3 is 9.72 Å². The van der Waals surface area contributed by atoms with E-state index in [1.807, 2.05) is 18.5 Å². The van der Waals surface area contributed by atoms with E-state index in [0.29, 0.717) is 43.9 Å². The van der Waals surface area contributed by atoms with Gasteiger partial charge in [0.1, 0.15) is 11.6 Å². The molecule has 2 aliphatic rings. The number of H-pyrrole nitrogens is 1. The fourth-order valence-corrected chi connectivity index (χ4v) is 7.39. The number of hydrogen-bond donors (Lipinski definition) is 1. The number of unbranched alkanes of at least 4 members (excludes halogenated alkanes) is 1. The summed E-state index contributed by atoms with van der Waals surface area (Å²) in [6, 6.07) is 18.6. The summed E-state index contributed by atoms with van der Waals surface area (Å²) >= 11 is 0. The second kappa shape index (κ2) is 14.4. The molecule has 1 aliphatic carbocycles. The van der Waals surface area contributed by atoms with Crippen LogP contribution in [0, 0.1) is 5.82 Å². The summed E-state index contributed by atoms with van der Waals surface area (Å²) in [6.07, 6.45) is 8.13. The van der Waals surface area contributed by atoms with Gasteiger partial charge in [-0.2, -0.15) is 0 Å². The summed E-state index contributed by atoms with van der Waals surface area (Å²) < 4.78 is 20.1. The molecular formula is C37H44FN5O3Si. The zero-order valence-electron chi connectivity index (χ0n) is 27.5. The number of amides is 2. The van der Waals surface area contributed by atoms with E-state index in [-0.39, 0.29) is 29.7 Å². The number of fused-ring (bicyclic) bond motifs is 2. The Morgan fingerprint density at radius 3 is 2.47 bits per heavy atom. The first-order valence-electron chi connectivity index (χ1n) is 16.7. The summed E-state index contributed by atoms with van der Waals surface area (Å²) in [5, 5.41) is 0. The summed E-state index contributed by atoms with van der Waals surface area (Å²) in [4.78, 5) is 43.2. The van der Waals surface area contributed by atoms with Gasteiger partial charge in [0.05, 0.1) is 47.4 Å². The van der Waals surface area contributed by atoms with Crippen molar-refractivity contribution < 1.29 is 18.7 Å². The van der Waals surface area contributed by atoms with Crippen molar-refractivity contribution in [3.8, 4) is 11.3 Å². The maximum Gasteiger partial charge on any atom is 0.261 e. The fourth-order valence-electron chi connectivity index (χ4n) is 6.63. The van der Waals surface area contributed by atoms with Crippen molar-refractivity contribution in [1.29, 1.82) is 0 Å². The Bertz CT molecular complexity index is 1670. The molecule has 0 fully saturated rings. The minimum absolute atomic E-state index is 0.0595. The molecule has 0 radical (unpaired) electrons. The largest absolute Gasteiger partial charge is 0.380 e. The molecule has 1 aliphatic heterocycles. The van der Waals surface area contributed by atoms with Gasteiger partial charge in [-0.25, -0.2) is 9.37 Å². The van der Waals surface area contributed by atoms with E-state index < -0.39 is 8.07 Å². The number of imidazole rings is 1. The number of pyridine rings is 1. The van der Waals surface area contributed by atoms with Gasteiger partial charge in [0.2, 0.25) is 0 Å². The van der Waals surface area contributed by atoms with E-state index in [9.17, 15) is 14.0 Å². The molecule has 8 nitrogen and oxygen atoms in total. The Balaban J connectivity index is 1.26. The van der Waals surface area contributed by atoms with E-state index in [4.69, 9.17) is 14.7 Å². The molecular weight excluding hydrogens is 610 g/mol. The zero-order valence-corrected chi connectivity index (χ0v) is 28.5. The van der Waals surface area contributed by atoms with Crippen LogP contribution in [0.1, 0.15) is 75.6 Å². The number of imide groups is 1. The molecule has 0 bridgehead atoms. The highest BCUT2D eigenvalue weighted by molar-refractivity contribution is 6.76. The molecule has 2 amide bonds.